The Balaban J connectivity index is 1.25. The highest BCUT2D eigenvalue weighted by molar-refractivity contribution is 7.14. The molecule has 2 aliphatic rings. The van der Waals surface area contributed by atoms with Crippen LogP contribution in [0.5, 0.6) is 11.5 Å². The van der Waals surface area contributed by atoms with Gasteiger partial charge in [0.05, 0.1) is 24.7 Å². The zero-order valence-corrected chi connectivity index (χ0v) is 20.3. The van der Waals surface area contributed by atoms with E-state index < -0.39 is 4.92 Å². The van der Waals surface area contributed by atoms with Crippen LogP contribution in [0, 0.1) is 15.5 Å². The summed E-state index contributed by atoms with van der Waals surface area (Å²) < 4.78 is 16.3. The molecule has 2 amide bonds. The van der Waals surface area contributed by atoms with Crippen molar-refractivity contribution in [3.63, 3.8) is 0 Å². The molecule has 0 atom stereocenters. The van der Waals surface area contributed by atoms with Crippen LogP contribution in [0.2, 0.25) is 0 Å². The molecule has 2 saturated heterocycles. The zero-order chi connectivity index (χ0) is 24.7. The molecule has 0 radical (unpaired) electrons. The van der Waals surface area contributed by atoms with E-state index in [0.29, 0.717) is 37.5 Å². The summed E-state index contributed by atoms with van der Waals surface area (Å²) in [5.41, 5.74) is 0.716. The Morgan fingerprint density at radius 1 is 1.09 bits per heavy atom. The normalized spacial score (nSPS) is 17.2. The van der Waals surface area contributed by atoms with Gasteiger partial charge < -0.3 is 23.7 Å². The summed E-state index contributed by atoms with van der Waals surface area (Å²) in [6.45, 7) is 2.27. The molecule has 184 valence electrons. The molecule has 2 aromatic heterocycles. The Bertz CT molecular complexity index is 1310. The summed E-state index contributed by atoms with van der Waals surface area (Å²) in [5, 5.41) is 13.4. The van der Waals surface area contributed by atoms with Crippen molar-refractivity contribution in [1.82, 2.24) is 9.80 Å². The lowest BCUT2D eigenvalue weighted by Crippen LogP contribution is -2.44. The quantitative estimate of drug-likeness (QED) is 0.382. The smallest absolute Gasteiger partial charge is 0.366 e. The third kappa shape index (κ3) is 3.99. The number of carbonyl (C=O) groups excluding carboxylic acids is 2. The molecule has 1 spiro atoms. The number of para-hydroxylation sites is 1. The number of furan rings is 1. The topological polar surface area (TPSA) is 115 Å². The SMILES string of the molecule is COc1c(C(=O)N2CCC3(CCN(C(=O)c4cc5cccc(OC)c5o4)CC3)C2)csc1[N+](=O)[O-]. The maximum absolute atomic E-state index is 13.1. The third-order valence-corrected chi connectivity index (χ3v) is 8.01. The first kappa shape index (κ1) is 23.2. The minimum Gasteiger partial charge on any atom is -0.493 e. The number of hydrogen-bond donors (Lipinski definition) is 0. The number of thiophene rings is 1. The van der Waals surface area contributed by atoms with E-state index >= 15 is 0 Å². The van der Waals surface area contributed by atoms with Gasteiger partial charge in [-0.2, -0.15) is 0 Å². The average molecular weight is 500 g/mol. The van der Waals surface area contributed by atoms with E-state index in [2.05, 4.69) is 0 Å². The van der Waals surface area contributed by atoms with E-state index in [1.165, 1.54) is 12.5 Å². The number of hydrogen-bond acceptors (Lipinski definition) is 8. The van der Waals surface area contributed by atoms with Crippen molar-refractivity contribution >= 4 is 39.1 Å². The van der Waals surface area contributed by atoms with Crippen molar-refractivity contribution in [2.75, 3.05) is 40.4 Å². The van der Waals surface area contributed by atoms with E-state index in [1.54, 1.807) is 29.0 Å². The number of piperidine rings is 1. The molecule has 5 rings (SSSR count). The Morgan fingerprint density at radius 3 is 2.46 bits per heavy atom. The fourth-order valence-electron chi connectivity index (χ4n) is 5.14. The molecule has 35 heavy (non-hydrogen) atoms. The molecular weight excluding hydrogens is 474 g/mol. The monoisotopic (exact) mass is 499 g/mol. The Kier molecular flexibility index (Phi) is 5.87. The van der Waals surface area contributed by atoms with Crippen LogP contribution in [0.4, 0.5) is 5.00 Å². The molecule has 0 bridgehead atoms. The first-order chi connectivity index (χ1) is 16.9. The molecule has 0 aliphatic carbocycles. The summed E-state index contributed by atoms with van der Waals surface area (Å²) >= 11 is 0.896. The van der Waals surface area contributed by atoms with Crippen molar-refractivity contribution in [3.05, 3.63) is 51.1 Å². The molecule has 2 fully saturated rings. The molecule has 0 unspecified atom stereocenters. The van der Waals surface area contributed by atoms with Crippen molar-refractivity contribution in [1.29, 1.82) is 0 Å². The van der Waals surface area contributed by atoms with Crippen LogP contribution < -0.4 is 9.47 Å². The molecule has 1 aromatic carbocycles. The molecule has 10 nitrogen and oxygen atoms in total. The number of likely N-dealkylation sites (tertiary alicyclic amines) is 2. The first-order valence-electron chi connectivity index (χ1n) is 11.3. The number of methoxy groups -OCH3 is 2. The lowest BCUT2D eigenvalue weighted by molar-refractivity contribution is -0.381. The van der Waals surface area contributed by atoms with Crippen LogP contribution in [0.3, 0.4) is 0 Å². The van der Waals surface area contributed by atoms with Gasteiger partial charge >= 0.3 is 5.00 Å². The second-order valence-electron chi connectivity index (χ2n) is 9.00. The number of rotatable bonds is 5. The summed E-state index contributed by atoms with van der Waals surface area (Å²) in [5.74, 6) is 0.489. The van der Waals surface area contributed by atoms with Crippen molar-refractivity contribution in [2.24, 2.45) is 5.41 Å². The maximum Gasteiger partial charge on any atom is 0.366 e. The molecule has 4 heterocycles. The second-order valence-corrected chi connectivity index (χ2v) is 9.86. The second kappa shape index (κ2) is 8.88. The van der Waals surface area contributed by atoms with Gasteiger partial charge in [-0.15, -0.1) is 0 Å². The number of benzene rings is 1. The lowest BCUT2D eigenvalue weighted by atomic mass is 9.77. The number of carbonyl (C=O) groups is 2. The number of amides is 2. The lowest BCUT2D eigenvalue weighted by Gasteiger charge is -2.38. The zero-order valence-electron chi connectivity index (χ0n) is 19.4. The van der Waals surface area contributed by atoms with E-state index in [9.17, 15) is 19.7 Å². The minimum atomic E-state index is -0.531. The first-order valence-corrected chi connectivity index (χ1v) is 12.2. The van der Waals surface area contributed by atoms with Crippen LogP contribution in [0.1, 0.15) is 40.2 Å². The van der Waals surface area contributed by atoms with Crippen molar-refractivity contribution in [3.8, 4) is 11.5 Å². The van der Waals surface area contributed by atoms with Crippen LogP contribution in [-0.2, 0) is 0 Å². The Hall–Kier alpha value is -3.60. The predicted octanol–water partition coefficient (Wildman–Crippen LogP) is 4.19. The summed E-state index contributed by atoms with van der Waals surface area (Å²) in [6.07, 6.45) is 2.37. The average Bonchev–Trinajstić information content (AvgIpc) is 3.60. The highest BCUT2D eigenvalue weighted by Gasteiger charge is 2.44. The van der Waals surface area contributed by atoms with Crippen LogP contribution in [-0.4, -0.2) is 66.9 Å². The summed E-state index contributed by atoms with van der Waals surface area (Å²) in [4.78, 5) is 40.5. The largest absolute Gasteiger partial charge is 0.493 e. The third-order valence-electron chi connectivity index (χ3n) is 7.10. The van der Waals surface area contributed by atoms with Gasteiger partial charge in [-0.25, -0.2) is 0 Å². The number of fused-ring (bicyclic) bond motifs is 1. The van der Waals surface area contributed by atoms with Gasteiger partial charge in [-0.3, -0.25) is 19.7 Å². The molecule has 0 saturated carbocycles. The Labute approximate surface area is 205 Å². The summed E-state index contributed by atoms with van der Waals surface area (Å²) in [7, 11) is 2.90. The molecular formula is C24H25N3O7S. The van der Waals surface area contributed by atoms with Crippen molar-refractivity contribution < 1.29 is 28.4 Å². The summed E-state index contributed by atoms with van der Waals surface area (Å²) in [6, 6.07) is 7.27. The van der Waals surface area contributed by atoms with E-state index in [1.807, 2.05) is 12.1 Å². The van der Waals surface area contributed by atoms with Gasteiger partial charge in [0.2, 0.25) is 5.75 Å². The van der Waals surface area contributed by atoms with Crippen LogP contribution in [0.15, 0.2) is 34.1 Å². The van der Waals surface area contributed by atoms with Crippen LogP contribution in [0.25, 0.3) is 11.0 Å². The van der Waals surface area contributed by atoms with Crippen LogP contribution >= 0.6 is 11.3 Å². The number of nitrogens with zero attached hydrogens (tertiary/aromatic N) is 3. The fourth-order valence-corrected chi connectivity index (χ4v) is 5.96. The van der Waals surface area contributed by atoms with Gasteiger partial charge in [0.1, 0.15) is 0 Å². The Morgan fingerprint density at radius 2 is 1.80 bits per heavy atom. The fraction of sp³-hybridized carbons (Fsp3) is 0.417. The van der Waals surface area contributed by atoms with E-state index in [4.69, 9.17) is 13.9 Å². The highest BCUT2D eigenvalue weighted by atomic mass is 32.1. The highest BCUT2D eigenvalue weighted by Crippen LogP contribution is 2.43. The standard InChI is InChI=1S/C24H25N3O7S/c1-32-17-5-3-4-15-12-18(34-19(15)17)22(29)25-9-6-24(7-10-25)8-11-26(14-24)21(28)16-13-35-23(27(30)31)20(16)33-2/h3-5,12-13H,6-11,14H2,1-2H3. The number of ether oxygens (including phenoxy) is 2. The van der Waals surface area contributed by atoms with Gasteiger partial charge in [-0.05, 0) is 36.8 Å². The number of nitro groups is 1. The molecule has 0 N–H and O–H groups in total. The van der Waals surface area contributed by atoms with Gasteiger partial charge in [-0.1, -0.05) is 23.5 Å². The maximum atomic E-state index is 13.1. The van der Waals surface area contributed by atoms with Gasteiger partial charge in [0, 0.05) is 36.9 Å². The molecule has 2 aliphatic heterocycles. The molecule has 3 aromatic rings. The van der Waals surface area contributed by atoms with E-state index in [-0.39, 0.29) is 39.3 Å². The van der Waals surface area contributed by atoms with Gasteiger partial charge in [0.15, 0.2) is 17.1 Å². The van der Waals surface area contributed by atoms with Gasteiger partial charge in [0.25, 0.3) is 11.8 Å². The van der Waals surface area contributed by atoms with Crippen molar-refractivity contribution in [2.45, 2.75) is 19.3 Å². The molecule has 11 heteroatoms. The minimum absolute atomic E-state index is 0.0221. The predicted molar refractivity (Wildman–Crippen MR) is 128 cm³/mol. The van der Waals surface area contributed by atoms with E-state index in [0.717, 1.165) is 36.0 Å².